The number of amides is 1. The molecule has 1 aliphatic heterocycles. The molecule has 5 heteroatoms. The lowest BCUT2D eigenvalue weighted by atomic mass is 9.97. The quantitative estimate of drug-likeness (QED) is 0.800. The standard InChI is InChI=1S/C12H25N3O.ClH/c1-9(2)14-12(16)8-15-7-5-4-6-11(15)10(3)13;/h9-11H,4-8,13H2,1-3H3,(H,14,16);1H. The molecule has 1 amide bonds. The highest BCUT2D eigenvalue weighted by atomic mass is 35.5. The molecule has 2 atom stereocenters. The summed E-state index contributed by atoms with van der Waals surface area (Å²) in [5, 5.41) is 2.93. The number of halogens is 1. The SMILES string of the molecule is CC(C)NC(=O)CN1CCCCC1C(C)N.Cl. The van der Waals surface area contributed by atoms with Crippen molar-refractivity contribution in [3.8, 4) is 0 Å². The molecule has 1 fully saturated rings. The first-order valence-corrected chi connectivity index (χ1v) is 6.29. The Balaban J connectivity index is 0.00000256. The number of nitrogens with one attached hydrogen (secondary N) is 1. The summed E-state index contributed by atoms with van der Waals surface area (Å²) in [6.45, 7) is 7.49. The summed E-state index contributed by atoms with van der Waals surface area (Å²) < 4.78 is 0. The van der Waals surface area contributed by atoms with Crippen molar-refractivity contribution in [2.75, 3.05) is 13.1 Å². The summed E-state index contributed by atoms with van der Waals surface area (Å²) in [4.78, 5) is 13.9. The number of nitrogens with two attached hydrogens (primary N) is 1. The van der Waals surface area contributed by atoms with Crippen LogP contribution < -0.4 is 11.1 Å². The fraction of sp³-hybridized carbons (Fsp3) is 0.917. The van der Waals surface area contributed by atoms with Crippen LogP contribution in [0.15, 0.2) is 0 Å². The molecule has 1 rings (SSSR count). The number of carbonyl (C=O) groups excluding carboxylic acids is 1. The van der Waals surface area contributed by atoms with Crippen LogP contribution in [0.2, 0.25) is 0 Å². The molecule has 1 saturated heterocycles. The van der Waals surface area contributed by atoms with Gasteiger partial charge in [-0.05, 0) is 40.2 Å². The van der Waals surface area contributed by atoms with E-state index in [0.29, 0.717) is 12.6 Å². The number of hydrogen-bond donors (Lipinski definition) is 2. The van der Waals surface area contributed by atoms with E-state index in [9.17, 15) is 4.79 Å². The van der Waals surface area contributed by atoms with Crippen molar-refractivity contribution in [2.45, 2.75) is 58.2 Å². The summed E-state index contributed by atoms with van der Waals surface area (Å²) in [7, 11) is 0. The highest BCUT2D eigenvalue weighted by Gasteiger charge is 2.26. The van der Waals surface area contributed by atoms with Gasteiger partial charge in [-0.2, -0.15) is 0 Å². The van der Waals surface area contributed by atoms with Gasteiger partial charge in [-0.1, -0.05) is 6.42 Å². The van der Waals surface area contributed by atoms with E-state index in [2.05, 4.69) is 10.2 Å². The third-order valence-electron chi connectivity index (χ3n) is 3.07. The van der Waals surface area contributed by atoms with Gasteiger partial charge in [-0.15, -0.1) is 12.4 Å². The maximum absolute atomic E-state index is 11.7. The van der Waals surface area contributed by atoms with E-state index < -0.39 is 0 Å². The van der Waals surface area contributed by atoms with Crippen LogP contribution in [-0.4, -0.2) is 42.0 Å². The van der Waals surface area contributed by atoms with Crippen molar-refractivity contribution in [3.05, 3.63) is 0 Å². The summed E-state index contributed by atoms with van der Waals surface area (Å²) in [6.07, 6.45) is 3.53. The van der Waals surface area contributed by atoms with E-state index in [0.717, 1.165) is 13.0 Å². The Bertz CT molecular complexity index is 234. The predicted molar refractivity (Wildman–Crippen MR) is 73.4 cm³/mol. The Morgan fingerprint density at radius 2 is 2.06 bits per heavy atom. The second kappa shape index (κ2) is 7.90. The number of hydrogen-bond acceptors (Lipinski definition) is 3. The smallest absolute Gasteiger partial charge is 0.234 e. The second-order valence-electron chi connectivity index (χ2n) is 5.11. The Labute approximate surface area is 111 Å². The molecular formula is C12H26ClN3O. The van der Waals surface area contributed by atoms with Gasteiger partial charge in [-0.3, -0.25) is 9.69 Å². The van der Waals surface area contributed by atoms with Crippen molar-refractivity contribution < 1.29 is 4.79 Å². The van der Waals surface area contributed by atoms with E-state index in [4.69, 9.17) is 5.73 Å². The lowest BCUT2D eigenvalue weighted by Crippen LogP contribution is -2.52. The lowest BCUT2D eigenvalue weighted by molar-refractivity contribution is -0.123. The molecule has 17 heavy (non-hydrogen) atoms. The van der Waals surface area contributed by atoms with E-state index in [1.165, 1.54) is 12.8 Å². The van der Waals surface area contributed by atoms with Crippen LogP contribution in [0.1, 0.15) is 40.0 Å². The topological polar surface area (TPSA) is 58.4 Å². The zero-order valence-electron chi connectivity index (χ0n) is 11.1. The minimum absolute atomic E-state index is 0. The third-order valence-corrected chi connectivity index (χ3v) is 3.07. The zero-order valence-corrected chi connectivity index (χ0v) is 11.9. The zero-order chi connectivity index (χ0) is 12.1. The third kappa shape index (κ3) is 5.70. The number of piperidine rings is 1. The fourth-order valence-corrected chi connectivity index (χ4v) is 2.36. The molecule has 0 bridgehead atoms. The maximum atomic E-state index is 11.7. The largest absolute Gasteiger partial charge is 0.353 e. The normalized spacial score (nSPS) is 23.0. The van der Waals surface area contributed by atoms with E-state index in [1.54, 1.807) is 0 Å². The van der Waals surface area contributed by atoms with Gasteiger partial charge in [0.25, 0.3) is 0 Å². The van der Waals surface area contributed by atoms with Crippen molar-refractivity contribution >= 4 is 18.3 Å². The minimum atomic E-state index is 0. The number of nitrogens with zero attached hydrogens (tertiary/aromatic N) is 1. The number of likely N-dealkylation sites (tertiary alicyclic amines) is 1. The summed E-state index contributed by atoms with van der Waals surface area (Å²) in [6, 6.07) is 0.727. The molecular weight excluding hydrogens is 238 g/mol. The molecule has 2 unspecified atom stereocenters. The summed E-state index contributed by atoms with van der Waals surface area (Å²) in [5.41, 5.74) is 5.96. The average molecular weight is 264 g/mol. The number of carbonyl (C=O) groups is 1. The van der Waals surface area contributed by atoms with E-state index in [1.807, 2.05) is 20.8 Å². The molecule has 3 N–H and O–H groups in total. The molecule has 0 radical (unpaired) electrons. The molecule has 0 aromatic rings. The van der Waals surface area contributed by atoms with Gasteiger partial charge in [0, 0.05) is 18.1 Å². The van der Waals surface area contributed by atoms with Crippen molar-refractivity contribution in [3.63, 3.8) is 0 Å². The average Bonchev–Trinajstić information content (AvgIpc) is 2.16. The first-order valence-electron chi connectivity index (χ1n) is 6.29. The summed E-state index contributed by atoms with van der Waals surface area (Å²) >= 11 is 0. The van der Waals surface area contributed by atoms with E-state index in [-0.39, 0.29) is 30.4 Å². The molecule has 0 saturated carbocycles. The Morgan fingerprint density at radius 1 is 1.41 bits per heavy atom. The first kappa shape index (κ1) is 16.7. The second-order valence-corrected chi connectivity index (χ2v) is 5.11. The molecule has 1 heterocycles. The highest BCUT2D eigenvalue weighted by molar-refractivity contribution is 5.85. The Kier molecular flexibility index (Phi) is 7.75. The van der Waals surface area contributed by atoms with Gasteiger partial charge in [-0.25, -0.2) is 0 Å². The highest BCUT2D eigenvalue weighted by Crippen LogP contribution is 2.18. The van der Waals surface area contributed by atoms with Crippen LogP contribution in [0.5, 0.6) is 0 Å². The van der Waals surface area contributed by atoms with Crippen molar-refractivity contribution in [1.29, 1.82) is 0 Å². The molecule has 4 nitrogen and oxygen atoms in total. The molecule has 0 spiro atoms. The van der Waals surface area contributed by atoms with Gasteiger partial charge < -0.3 is 11.1 Å². The van der Waals surface area contributed by atoms with Gasteiger partial charge in [0.05, 0.1) is 6.54 Å². The molecule has 0 aromatic heterocycles. The van der Waals surface area contributed by atoms with Gasteiger partial charge in [0.2, 0.25) is 5.91 Å². The monoisotopic (exact) mass is 263 g/mol. The molecule has 0 aliphatic carbocycles. The molecule has 0 aromatic carbocycles. The summed E-state index contributed by atoms with van der Waals surface area (Å²) in [5.74, 6) is 0.113. The molecule has 102 valence electrons. The van der Waals surface area contributed by atoms with Crippen LogP contribution >= 0.6 is 12.4 Å². The minimum Gasteiger partial charge on any atom is -0.353 e. The van der Waals surface area contributed by atoms with Crippen LogP contribution in [0.4, 0.5) is 0 Å². The van der Waals surface area contributed by atoms with Crippen LogP contribution in [0.3, 0.4) is 0 Å². The van der Waals surface area contributed by atoms with Crippen LogP contribution in [-0.2, 0) is 4.79 Å². The first-order chi connectivity index (χ1) is 7.50. The van der Waals surface area contributed by atoms with Gasteiger partial charge >= 0.3 is 0 Å². The molecule has 1 aliphatic rings. The Morgan fingerprint density at radius 3 is 2.59 bits per heavy atom. The van der Waals surface area contributed by atoms with Gasteiger partial charge in [0.15, 0.2) is 0 Å². The Hall–Kier alpha value is -0.320. The lowest BCUT2D eigenvalue weighted by Gasteiger charge is -2.37. The number of rotatable bonds is 4. The maximum Gasteiger partial charge on any atom is 0.234 e. The van der Waals surface area contributed by atoms with Crippen molar-refractivity contribution in [2.24, 2.45) is 5.73 Å². The van der Waals surface area contributed by atoms with E-state index >= 15 is 0 Å². The predicted octanol–water partition coefficient (Wildman–Crippen LogP) is 1.13. The van der Waals surface area contributed by atoms with Crippen molar-refractivity contribution in [1.82, 2.24) is 10.2 Å². The van der Waals surface area contributed by atoms with Crippen LogP contribution in [0.25, 0.3) is 0 Å². The van der Waals surface area contributed by atoms with Gasteiger partial charge in [0.1, 0.15) is 0 Å². The van der Waals surface area contributed by atoms with Crippen LogP contribution in [0, 0.1) is 0 Å². The fourth-order valence-electron chi connectivity index (χ4n) is 2.36.